The van der Waals surface area contributed by atoms with Crippen molar-refractivity contribution in [3.8, 4) is 5.69 Å². The van der Waals surface area contributed by atoms with Crippen LogP contribution in [0.15, 0.2) is 67.3 Å². The number of hydrogen-bond acceptors (Lipinski definition) is 5. The Bertz CT molecular complexity index is 1020. The van der Waals surface area contributed by atoms with Crippen molar-refractivity contribution in [1.82, 2.24) is 19.7 Å². The highest BCUT2D eigenvalue weighted by Gasteiger charge is 2.71. The third-order valence-corrected chi connectivity index (χ3v) is 6.49. The molecule has 1 saturated heterocycles. The Morgan fingerprint density at radius 1 is 1.10 bits per heavy atom. The maximum absolute atomic E-state index is 13.2. The predicted octanol–water partition coefficient (Wildman–Crippen LogP) is 1.48. The second-order valence-electron chi connectivity index (χ2n) is 7.91. The molecule has 2 aromatic carbocycles. The van der Waals surface area contributed by atoms with Gasteiger partial charge in [0.2, 0.25) is 0 Å². The fourth-order valence-corrected chi connectivity index (χ4v) is 5.04. The van der Waals surface area contributed by atoms with E-state index in [4.69, 9.17) is 0 Å². The van der Waals surface area contributed by atoms with Crippen LogP contribution in [0.1, 0.15) is 21.8 Å². The zero-order chi connectivity index (χ0) is 20.0. The number of aliphatic hydroxyl groups excluding tert-OH is 2. The van der Waals surface area contributed by atoms with Crippen molar-refractivity contribution in [3.05, 3.63) is 78.4 Å². The van der Waals surface area contributed by atoms with Crippen molar-refractivity contribution >= 4 is 5.91 Å². The summed E-state index contributed by atoms with van der Waals surface area (Å²) in [5, 5.41) is 28.4. The maximum Gasteiger partial charge on any atom is 0.254 e. The lowest BCUT2D eigenvalue weighted by Crippen LogP contribution is -2.29. The Morgan fingerprint density at radius 3 is 2.59 bits per heavy atom. The van der Waals surface area contributed by atoms with Gasteiger partial charge in [0.05, 0.1) is 6.10 Å². The standard InChI is InChI=1S/C22H22N4O3/c27-11-18-20(15-5-2-1-3-6-15)22(18)12-25(10-19(22)28)21(29)16-7-4-8-17(9-16)26-13-23-24-14-26/h1-9,13-14,18-20,27-28H,10-12H2/t18-,19-,20-,22-/m1/s1. The molecule has 148 valence electrons. The number of β-amino-alcohol motifs (C(OH)–C–C–N with tert-alkyl or cyclic N) is 1. The van der Waals surface area contributed by atoms with E-state index in [0.717, 1.165) is 11.3 Å². The largest absolute Gasteiger partial charge is 0.396 e. The fraction of sp³-hybridized carbons (Fsp3) is 0.318. The zero-order valence-corrected chi connectivity index (χ0v) is 15.8. The Hall–Kier alpha value is -3.03. The van der Waals surface area contributed by atoms with Crippen LogP contribution in [0.2, 0.25) is 0 Å². The van der Waals surface area contributed by atoms with E-state index in [-0.39, 0.29) is 30.9 Å². The van der Waals surface area contributed by atoms with E-state index in [1.54, 1.807) is 34.3 Å². The number of aliphatic hydroxyl groups is 2. The SMILES string of the molecule is O=C(c1cccc(-n2cnnc2)c1)N1C[C@@H](O)[C@@]2(C1)[C@H](CO)[C@H]2c1ccccc1. The molecule has 0 radical (unpaired) electrons. The van der Waals surface area contributed by atoms with Crippen LogP contribution in [0.3, 0.4) is 0 Å². The molecule has 0 unspecified atom stereocenters. The summed E-state index contributed by atoms with van der Waals surface area (Å²) in [5.41, 5.74) is 1.99. The van der Waals surface area contributed by atoms with Gasteiger partial charge in [-0.1, -0.05) is 36.4 Å². The van der Waals surface area contributed by atoms with Crippen LogP contribution in [0, 0.1) is 11.3 Å². The number of amides is 1. The number of likely N-dealkylation sites (tertiary alicyclic amines) is 1. The summed E-state index contributed by atoms with van der Waals surface area (Å²) >= 11 is 0. The van der Waals surface area contributed by atoms with Gasteiger partial charge in [-0.15, -0.1) is 10.2 Å². The molecular formula is C22H22N4O3. The average Bonchev–Trinajstić information content (AvgIpc) is 3.05. The van der Waals surface area contributed by atoms with E-state index in [9.17, 15) is 15.0 Å². The van der Waals surface area contributed by atoms with E-state index in [1.807, 2.05) is 42.5 Å². The highest BCUT2D eigenvalue weighted by atomic mass is 16.3. The number of benzene rings is 2. The summed E-state index contributed by atoms with van der Waals surface area (Å²) in [6.45, 7) is 0.714. The van der Waals surface area contributed by atoms with Gasteiger partial charge in [0, 0.05) is 36.4 Å². The smallest absolute Gasteiger partial charge is 0.254 e. The van der Waals surface area contributed by atoms with Gasteiger partial charge in [-0.25, -0.2) is 0 Å². The van der Waals surface area contributed by atoms with Crippen LogP contribution in [-0.4, -0.2) is 61.6 Å². The van der Waals surface area contributed by atoms with E-state index in [0.29, 0.717) is 12.1 Å². The summed E-state index contributed by atoms with van der Waals surface area (Å²) in [5.74, 6) is -0.0998. The molecule has 1 amide bonds. The minimum atomic E-state index is -0.658. The minimum absolute atomic E-state index is 0.00175. The molecule has 29 heavy (non-hydrogen) atoms. The molecule has 2 aliphatic rings. The number of rotatable bonds is 4. The van der Waals surface area contributed by atoms with Gasteiger partial charge in [0.15, 0.2) is 0 Å². The first-order valence-electron chi connectivity index (χ1n) is 9.73. The topological polar surface area (TPSA) is 91.5 Å². The maximum atomic E-state index is 13.2. The van der Waals surface area contributed by atoms with Gasteiger partial charge in [-0.05, 0) is 35.6 Å². The molecular weight excluding hydrogens is 368 g/mol. The Kier molecular flexibility index (Phi) is 4.22. The van der Waals surface area contributed by atoms with Gasteiger partial charge in [0.1, 0.15) is 12.7 Å². The molecule has 2 fully saturated rings. The molecule has 0 bridgehead atoms. The van der Waals surface area contributed by atoms with Gasteiger partial charge >= 0.3 is 0 Å². The van der Waals surface area contributed by atoms with Gasteiger partial charge in [0.25, 0.3) is 5.91 Å². The molecule has 1 aliphatic heterocycles. The molecule has 1 saturated carbocycles. The molecule has 1 spiro atoms. The van der Waals surface area contributed by atoms with Crippen LogP contribution >= 0.6 is 0 Å². The van der Waals surface area contributed by atoms with Crippen LogP contribution in [0.4, 0.5) is 0 Å². The molecule has 7 nitrogen and oxygen atoms in total. The van der Waals surface area contributed by atoms with Crippen molar-refractivity contribution in [2.75, 3.05) is 19.7 Å². The van der Waals surface area contributed by atoms with Gasteiger partial charge < -0.3 is 15.1 Å². The van der Waals surface area contributed by atoms with Gasteiger partial charge in [-0.2, -0.15) is 0 Å². The summed E-state index contributed by atoms with van der Waals surface area (Å²) in [6, 6.07) is 17.2. The molecule has 1 aromatic heterocycles. The first-order chi connectivity index (χ1) is 14.1. The highest BCUT2D eigenvalue weighted by molar-refractivity contribution is 5.95. The second kappa shape index (κ2) is 6.79. The molecule has 2 heterocycles. The van der Waals surface area contributed by atoms with Crippen LogP contribution in [-0.2, 0) is 0 Å². The summed E-state index contributed by atoms with van der Waals surface area (Å²) < 4.78 is 1.74. The predicted molar refractivity (Wildman–Crippen MR) is 105 cm³/mol. The Morgan fingerprint density at radius 2 is 1.86 bits per heavy atom. The molecule has 5 rings (SSSR count). The Labute approximate surface area is 168 Å². The first-order valence-corrected chi connectivity index (χ1v) is 9.73. The van der Waals surface area contributed by atoms with Crippen molar-refractivity contribution in [2.24, 2.45) is 11.3 Å². The monoisotopic (exact) mass is 390 g/mol. The number of hydrogen-bond donors (Lipinski definition) is 2. The summed E-state index contributed by atoms with van der Waals surface area (Å²) in [6.07, 6.45) is 2.51. The summed E-state index contributed by atoms with van der Waals surface area (Å²) in [7, 11) is 0. The van der Waals surface area contributed by atoms with E-state index >= 15 is 0 Å². The van der Waals surface area contributed by atoms with E-state index in [2.05, 4.69) is 10.2 Å². The van der Waals surface area contributed by atoms with Crippen LogP contribution in [0.25, 0.3) is 5.69 Å². The lowest BCUT2D eigenvalue weighted by atomic mass is 9.95. The quantitative estimate of drug-likeness (QED) is 0.704. The van der Waals surface area contributed by atoms with E-state index < -0.39 is 11.5 Å². The van der Waals surface area contributed by atoms with E-state index in [1.165, 1.54) is 0 Å². The van der Waals surface area contributed by atoms with Crippen molar-refractivity contribution in [2.45, 2.75) is 12.0 Å². The van der Waals surface area contributed by atoms with Crippen molar-refractivity contribution < 1.29 is 15.0 Å². The third-order valence-electron chi connectivity index (χ3n) is 6.49. The van der Waals surface area contributed by atoms with Crippen LogP contribution < -0.4 is 0 Å². The molecule has 7 heteroatoms. The lowest BCUT2D eigenvalue weighted by molar-refractivity contribution is 0.0764. The lowest BCUT2D eigenvalue weighted by Gasteiger charge is -2.17. The molecule has 1 aliphatic carbocycles. The summed E-state index contributed by atoms with van der Waals surface area (Å²) in [4.78, 5) is 14.9. The second-order valence-corrected chi connectivity index (χ2v) is 7.91. The number of nitrogens with zero attached hydrogens (tertiary/aromatic N) is 4. The average molecular weight is 390 g/mol. The molecule has 3 aromatic rings. The normalized spacial score (nSPS) is 28.1. The first kappa shape index (κ1) is 18.0. The highest BCUT2D eigenvalue weighted by Crippen LogP contribution is 2.68. The van der Waals surface area contributed by atoms with Crippen LogP contribution in [0.5, 0.6) is 0 Å². The van der Waals surface area contributed by atoms with Crippen molar-refractivity contribution in [3.63, 3.8) is 0 Å². The van der Waals surface area contributed by atoms with Crippen molar-refractivity contribution in [1.29, 1.82) is 0 Å². The number of carbonyl (C=O) groups is 1. The molecule has 2 N–H and O–H groups in total. The third kappa shape index (κ3) is 2.77. The minimum Gasteiger partial charge on any atom is -0.396 e. The zero-order valence-electron chi connectivity index (χ0n) is 15.8. The number of aromatic nitrogens is 3. The Balaban J connectivity index is 1.40. The van der Waals surface area contributed by atoms with Gasteiger partial charge in [-0.3, -0.25) is 9.36 Å². The fourth-order valence-electron chi connectivity index (χ4n) is 5.04. The number of carbonyl (C=O) groups excluding carboxylic acids is 1. The molecule has 4 atom stereocenters.